The molecule has 0 atom stereocenters. The molecule has 0 aliphatic carbocycles. The molecule has 0 saturated heterocycles. The molecule has 0 fully saturated rings. The standard InChI is InChI=1S/C64H114N2O4/c1-3-5-7-9-11-13-15-17-19-21-23-25-27-29-31-33-35-37-39-41-43-45-47-51-57-66(64(68)70-62-60-54-50-49-53-59(60)55-56-61(62)69-63(65)67)58-52-48-46-44-42-40-38-36-34-32-30-28-26-24-22-20-18-16-14-12-10-8-6-4-2/h49-50,53-56H,3-48,51-52,57-58H2,1-2H3,(H2,65,67). The third-order valence-electron chi connectivity index (χ3n) is 15.1. The predicted octanol–water partition coefficient (Wildman–Crippen LogP) is 21.9. The number of ether oxygens (including phenoxy) is 2. The minimum atomic E-state index is -0.926. The Kier molecular flexibility index (Phi) is 43.9. The van der Waals surface area contributed by atoms with Crippen LogP contribution in [-0.4, -0.2) is 30.2 Å². The summed E-state index contributed by atoms with van der Waals surface area (Å²) in [6.45, 7) is 5.95. The van der Waals surface area contributed by atoms with Crippen LogP contribution in [0.3, 0.4) is 0 Å². The molecule has 0 saturated carbocycles. The molecule has 2 rings (SSSR count). The van der Waals surface area contributed by atoms with Crippen LogP contribution >= 0.6 is 0 Å². The Morgan fingerprint density at radius 2 is 0.629 bits per heavy atom. The second-order valence-corrected chi connectivity index (χ2v) is 21.7. The van der Waals surface area contributed by atoms with Gasteiger partial charge in [0.05, 0.1) is 0 Å². The van der Waals surface area contributed by atoms with Crippen LogP contribution < -0.4 is 15.2 Å². The van der Waals surface area contributed by atoms with Gasteiger partial charge in [-0.25, -0.2) is 9.59 Å². The number of primary amides is 1. The highest BCUT2D eigenvalue weighted by atomic mass is 16.6. The first-order chi connectivity index (χ1) is 34.6. The Balaban J connectivity index is 1.56. The Morgan fingerprint density at radius 1 is 0.357 bits per heavy atom. The summed E-state index contributed by atoms with van der Waals surface area (Å²) in [6.07, 6.45) is 64.5. The first-order valence-corrected chi connectivity index (χ1v) is 31.0. The van der Waals surface area contributed by atoms with Crippen molar-refractivity contribution in [3.05, 3.63) is 36.4 Å². The van der Waals surface area contributed by atoms with Crippen LogP contribution in [0, 0.1) is 0 Å². The second-order valence-electron chi connectivity index (χ2n) is 21.7. The van der Waals surface area contributed by atoms with E-state index in [0.29, 0.717) is 13.1 Å². The van der Waals surface area contributed by atoms with Gasteiger partial charge in [-0.05, 0) is 24.3 Å². The van der Waals surface area contributed by atoms with E-state index in [2.05, 4.69) is 13.8 Å². The molecule has 2 aromatic rings. The molecule has 0 bridgehead atoms. The van der Waals surface area contributed by atoms with Crippen LogP contribution in [0.1, 0.15) is 322 Å². The molecule has 0 aliphatic heterocycles. The van der Waals surface area contributed by atoms with Crippen molar-refractivity contribution in [3.63, 3.8) is 0 Å². The third kappa shape index (κ3) is 37.1. The van der Waals surface area contributed by atoms with Crippen molar-refractivity contribution < 1.29 is 19.1 Å². The van der Waals surface area contributed by atoms with E-state index >= 15 is 0 Å². The Labute approximate surface area is 433 Å². The minimum absolute atomic E-state index is 0.170. The first-order valence-electron chi connectivity index (χ1n) is 31.0. The molecule has 0 aromatic heterocycles. The predicted molar refractivity (Wildman–Crippen MR) is 305 cm³/mol. The molecule has 0 radical (unpaired) electrons. The van der Waals surface area contributed by atoms with E-state index in [1.165, 1.54) is 283 Å². The van der Waals surface area contributed by atoms with Crippen molar-refractivity contribution in [2.24, 2.45) is 5.73 Å². The topological polar surface area (TPSA) is 81.9 Å². The van der Waals surface area contributed by atoms with Gasteiger partial charge in [0, 0.05) is 18.5 Å². The molecule has 0 heterocycles. The van der Waals surface area contributed by atoms with Gasteiger partial charge in [-0.15, -0.1) is 0 Å². The fourth-order valence-corrected chi connectivity index (χ4v) is 10.5. The minimum Gasteiger partial charge on any atom is -0.406 e. The van der Waals surface area contributed by atoms with Gasteiger partial charge in [-0.2, -0.15) is 0 Å². The first kappa shape index (κ1) is 63.4. The Bertz CT molecular complexity index is 1410. The number of nitrogens with two attached hydrogens (primary N) is 1. The summed E-state index contributed by atoms with van der Waals surface area (Å²) in [4.78, 5) is 27.5. The quantitative estimate of drug-likeness (QED) is 0.0670. The largest absolute Gasteiger partial charge is 0.415 e. The summed E-state index contributed by atoms with van der Waals surface area (Å²) in [5.74, 6) is 0.426. The zero-order valence-corrected chi connectivity index (χ0v) is 46.5. The van der Waals surface area contributed by atoms with Crippen LogP contribution in [0.25, 0.3) is 10.8 Å². The molecule has 6 nitrogen and oxygen atoms in total. The SMILES string of the molecule is CCCCCCCCCCCCCCCCCCCCCCCCCCN(CCCCCCCCCCCCCCCCCCCCCCCCCC)C(=O)Oc1c(OC(N)=O)ccc2ccccc12. The highest BCUT2D eigenvalue weighted by molar-refractivity contribution is 5.93. The van der Waals surface area contributed by atoms with E-state index in [-0.39, 0.29) is 17.6 Å². The van der Waals surface area contributed by atoms with Gasteiger partial charge in [-0.3, -0.25) is 0 Å². The van der Waals surface area contributed by atoms with Gasteiger partial charge in [0.1, 0.15) is 0 Å². The second kappa shape index (κ2) is 48.5. The van der Waals surface area contributed by atoms with Crippen molar-refractivity contribution >= 4 is 23.0 Å². The van der Waals surface area contributed by atoms with Gasteiger partial charge in [-0.1, -0.05) is 340 Å². The molecule has 0 spiro atoms. The van der Waals surface area contributed by atoms with Gasteiger partial charge >= 0.3 is 12.2 Å². The summed E-state index contributed by atoms with van der Waals surface area (Å²) in [6, 6.07) is 11.2. The maximum atomic E-state index is 13.8. The van der Waals surface area contributed by atoms with E-state index in [1.807, 2.05) is 35.2 Å². The van der Waals surface area contributed by atoms with E-state index < -0.39 is 6.09 Å². The Morgan fingerprint density at radius 3 is 0.914 bits per heavy atom. The lowest BCUT2D eigenvalue weighted by atomic mass is 10.0. The number of carbonyl (C=O) groups is 2. The van der Waals surface area contributed by atoms with Gasteiger partial charge in [0.25, 0.3) is 0 Å². The van der Waals surface area contributed by atoms with Crippen LogP contribution in [0.4, 0.5) is 9.59 Å². The van der Waals surface area contributed by atoms with Gasteiger partial charge in [0.2, 0.25) is 0 Å². The lowest BCUT2D eigenvalue weighted by Gasteiger charge is -2.23. The molecule has 70 heavy (non-hydrogen) atoms. The van der Waals surface area contributed by atoms with E-state index in [1.54, 1.807) is 6.07 Å². The Hall–Kier alpha value is -2.76. The maximum Gasteiger partial charge on any atom is 0.415 e. The van der Waals surface area contributed by atoms with Gasteiger partial charge < -0.3 is 20.1 Å². The summed E-state index contributed by atoms with van der Waals surface area (Å²) in [7, 11) is 0. The highest BCUT2D eigenvalue weighted by Crippen LogP contribution is 2.36. The van der Waals surface area contributed by atoms with Crippen molar-refractivity contribution in [1.29, 1.82) is 0 Å². The van der Waals surface area contributed by atoms with Crippen molar-refractivity contribution in [2.75, 3.05) is 13.1 Å². The molecule has 0 aliphatic rings. The van der Waals surface area contributed by atoms with Gasteiger partial charge in [0.15, 0.2) is 11.5 Å². The molecule has 2 amide bonds. The zero-order chi connectivity index (χ0) is 50.1. The summed E-state index contributed by atoms with van der Waals surface area (Å²) >= 11 is 0. The number of hydrogen-bond acceptors (Lipinski definition) is 4. The summed E-state index contributed by atoms with van der Waals surface area (Å²) < 4.78 is 11.4. The molecular formula is C64H114N2O4. The number of hydrogen-bond donors (Lipinski definition) is 1. The fraction of sp³-hybridized carbons (Fsp3) is 0.812. The van der Waals surface area contributed by atoms with E-state index in [0.717, 1.165) is 36.5 Å². The monoisotopic (exact) mass is 975 g/mol. The molecule has 2 aromatic carbocycles. The van der Waals surface area contributed by atoms with E-state index in [4.69, 9.17) is 15.2 Å². The van der Waals surface area contributed by atoms with Crippen LogP contribution in [-0.2, 0) is 0 Å². The summed E-state index contributed by atoms with van der Waals surface area (Å²) in [5.41, 5.74) is 5.41. The molecule has 404 valence electrons. The number of carbonyl (C=O) groups excluding carboxylic acids is 2. The number of fused-ring (bicyclic) bond motifs is 1. The smallest absolute Gasteiger partial charge is 0.406 e. The number of benzene rings is 2. The number of amides is 2. The van der Waals surface area contributed by atoms with E-state index in [9.17, 15) is 9.59 Å². The zero-order valence-electron chi connectivity index (χ0n) is 46.5. The fourth-order valence-electron chi connectivity index (χ4n) is 10.5. The maximum absolute atomic E-state index is 13.8. The average Bonchev–Trinajstić information content (AvgIpc) is 3.36. The lowest BCUT2D eigenvalue weighted by Crippen LogP contribution is -2.35. The number of rotatable bonds is 52. The normalized spacial score (nSPS) is 11.5. The average molecular weight is 976 g/mol. The number of unbranched alkanes of at least 4 members (excludes halogenated alkanes) is 46. The molecule has 0 unspecified atom stereocenters. The van der Waals surface area contributed by atoms with Crippen LogP contribution in [0.2, 0.25) is 0 Å². The molecular weight excluding hydrogens is 861 g/mol. The molecule has 2 N–H and O–H groups in total. The third-order valence-corrected chi connectivity index (χ3v) is 15.1. The van der Waals surface area contributed by atoms with Crippen molar-refractivity contribution in [1.82, 2.24) is 4.90 Å². The number of nitrogens with zero attached hydrogens (tertiary/aromatic N) is 1. The van der Waals surface area contributed by atoms with Crippen molar-refractivity contribution in [2.45, 2.75) is 322 Å². The van der Waals surface area contributed by atoms with Crippen LogP contribution in [0.5, 0.6) is 11.5 Å². The van der Waals surface area contributed by atoms with Crippen molar-refractivity contribution in [3.8, 4) is 11.5 Å². The lowest BCUT2D eigenvalue weighted by molar-refractivity contribution is 0.148. The molecule has 6 heteroatoms. The van der Waals surface area contributed by atoms with Crippen LogP contribution in [0.15, 0.2) is 36.4 Å². The summed E-state index contributed by atoms with van der Waals surface area (Å²) in [5, 5.41) is 1.63. The highest BCUT2D eigenvalue weighted by Gasteiger charge is 2.21.